The summed E-state index contributed by atoms with van der Waals surface area (Å²) in [6.07, 6.45) is 7.69. The van der Waals surface area contributed by atoms with Gasteiger partial charge in [0.15, 0.2) is 5.43 Å². The van der Waals surface area contributed by atoms with E-state index in [-0.39, 0.29) is 5.43 Å². The zero-order chi connectivity index (χ0) is 21.5. The van der Waals surface area contributed by atoms with E-state index in [1.807, 2.05) is 61.5 Å². The van der Waals surface area contributed by atoms with E-state index in [1.54, 1.807) is 6.20 Å². The Balaban J connectivity index is 1.98. The molecule has 31 heavy (non-hydrogen) atoms. The lowest BCUT2D eigenvalue weighted by Gasteiger charge is -2.16. The Morgan fingerprint density at radius 1 is 1.03 bits per heavy atom. The third-order valence-corrected chi connectivity index (χ3v) is 5.53. The molecule has 0 saturated heterocycles. The molecular weight excluding hydrogens is 406 g/mol. The smallest absolute Gasteiger partial charge is 0.192 e. The van der Waals surface area contributed by atoms with Crippen molar-refractivity contribution in [2.24, 2.45) is 0 Å². The minimum atomic E-state index is -0.166. The normalized spacial score (nSPS) is 11.0. The molecular formula is C26H16ClN3O. The van der Waals surface area contributed by atoms with Crippen molar-refractivity contribution in [3.05, 3.63) is 93.4 Å². The third kappa shape index (κ3) is 3.16. The van der Waals surface area contributed by atoms with Gasteiger partial charge in [-0.3, -0.25) is 9.78 Å². The van der Waals surface area contributed by atoms with Crippen LogP contribution in [0.25, 0.3) is 44.3 Å². The number of aromatic amines is 1. The van der Waals surface area contributed by atoms with Crippen LogP contribution in [0.2, 0.25) is 5.02 Å². The van der Waals surface area contributed by atoms with Crippen LogP contribution in [-0.2, 0) is 0 Å². The van der Waals surface area contributed by atoms with Gasteiger partial charge in [-0.2, -0.15) is 0 Å². The number of hydrogen-bond donors (Lipinski definition) is 1. The first kappa shape index (κ1) is 19.0. The highest BCUT2D eigenvalue weighted by atomic mass is 35.5. The van der Waals surface area contributed by atoms with E-state index < -0.39 is 0 Å². The van der Waals surface area contributed by atoms with E-state index in [9.17, 15) is 4.79 Å². The van der Waals surface area contributed by atoms with Crippen molar-refractivity contribution in [2.45, 2.75) is 6.92 Å². The monoisotopic (exact) mass is 421 g/mol. The van der Waals surface area contributed by atoms with Crippen molar-refractivity contribution in [3.63, 3.8) is 0 Å². The molecule has 0 unspecified atom stereocenters. The van der Waals surface area contributed by atoms with Crippen LogP contribution in [0.4, 0.5) is 0 Å². The second kappa shape index (κ2) is 7.39. The molecule has 148 valence electrons. The molecule has 5 heteroatoms. The number of nitrogens with zero attached hydrogens (tertiary/aromatic N) is 2. The van der Waals surface area contributed by atoms with Gasteiger partial charge in [-0.15, -0.1) is 6.42 Å². The molecule has 0 bridgehead atoms. The number of aromatic nitrogens is 3. The first-order valence-corrected chi connectivity index (χ1v) is 10.1. The lowest BCUT2D eigenvalue weighted by atomic mass is 9.92. The molecule has 3 aromatic heterocycles. The van der Waals surface area contributed by atoms with Crippen molar-refractivity contribution in [3.8, 4) is 34.7 Å². The summed E-state index contributed by atoms with van der Waals surface area (Å²) < 4.78 is 0. The third-order valence-electron chi connectivity index (χ3n) is 5.25. The lowest BCUT2D eigenvalue weighted by molar-refractivity contribution is 1.19. The molecule has 0 radical (unpaired) electrons. The fourth-order valence-corrected chi connectivity index (χ4v) is 4.21. The molecule has 2 aromatic carbocycles. The summed E-state index contributed by atoms with van der Waals surface area (Å²) in [5.74, 6) is 2.76. The molecule has 0 aliphatic carbocycles. The van der Waals surface area contributed by atoms with Crippen LogP contribution in [0.3, 0.4) is 0 Å². The van der Waals surface area contributed by atoms with Gasteiger partial charge in [-0.05, 0) is 30.7 Å². The van der Waals surface area contributed by atoms with Gasteiger partial charge in [0, 0.05) is 40.0 Å². The van der Waals surface area contributed by atoms with Crippen LogP contribution < -0.4 is 5.43 Å². The van der Waals surface area contributed by atoms with Crippen LogP contribution in [0.1, 0.15) is 11.3 Å². The highest BCUT2D eigenvalue weighted by molar-refractivity contribution is 6.35. The highest BCUT2D eigenvalue weighted by Crippen LogP contribution is 2.38. The van der Waals surface area contributed by atoms with Gasteiger partial charge < -0.3 is 4.98 Å². The van der Waals surface area contributed by atoms with Crippen LogP contribution in [0.5, 0.6) is 0 Å². The first-order chi connectivity index (χ1) is 15.1. The summed E-state index contributed by atoms with van der Waals surface area (Å²) in [7, 11) is 0. The number of pyridine rings is 3. The van der Waals surface area contributed by atoms with Crippen molar-refractivity contribution in [1.82, 2.24) is 15.0 Å². The molecule has 0 spiro atoms. The average molecular weight is 422 g/mol. The predicted molar refractivity (Wildman–Crippen MR) is 126 cm³/mol. The summed E-state index contributed by atoms with van der Waals surface area (Å²) >= 11 is 6.57. The Hall–Kier alpha value is -3.94. The summed E-state index contributed by atoms with van der Waals surface area (Å²) in [6, 6.07) is 18.9. The van der Waals surface area contributed by atoms with E-state index in [1.165, 1.54) is 6.07 Å². The number of aryl methyl sites for hydroxylation is 1. The molecule has 0 aliphatic heterocycles. The molecule has 4 nitrogen and oxygen atoms in total. The average Bonchev–Trinajstić information content (AvgIpc) is 2.78. The predicted octanol–water partition coefficient (Wildman–Crippen LogP) is 5.75. The van der Waals surface area contributed by atoms with Crippen LogP contribution in [0.15, 0.2) is 71.7 Å². The maximum atomic E-state index is 12.9. The molecule has 0 aliphatic rings. The van der Waals surface area contributed by atoms with E-state index >= 15 is 0 Å². The molecule has 0 saturated carbocycles. The molecule has 0 amide bonds. The fourth-order valence-electron chi connectivity index (χ4n) is 3.93. The van der Waals surface area contributed by atoms with Gasteiger partial charge in [0.2, 0.25) is 0 Å². The Labute approximate surface area is 183 Å². The number of hydrogen-bond acceptors (Lipinski definition) is 3. The van der Waals surface area contributed by atoms with E-state index in [2.05, 4.69) is 15.9 Å². The van der Waals surface area contributed by atoms with Crippen molar-refractivity contribution in [2.75, 3.05) is 0 Å². The number of fused-ring (bicyclic) bond motifs is 2. The van der Waals surface area contributed by atoms with Crippen molar-refractivity contribution < 1.29 is 0 Å². The largest absolute Gasteiger partial charge is 0.343 e. The quantitative estimate of drug-likeness (QED) is 0.369. The summed E-state index contributed by atoms with van der Waals surface area (Å²) in [4.78, 5) is 25.3. The maximum absolute atomic E-state index is 12.9. The Kier molecular flexibility index (Phi) is 4.54. The van der Waals surface area contributed by atoms with Gasteiger partial charge in [0.05, 0.1) is 21.6 Å². The number of halogens is 1. The molecule has 0 fully saturated rings. The minimum absolute atomic E-state index is 0.166. The lowest BCUT2D eigenvalue weighted by Crippen LogP contribution is -2.09. The van der Waals surface area contributed by atoms with Crippen LogP contribution in [0, 0.1) is 19.3 Å². The van der Waals surface area contributed by atoms with E-state index in [4.69, 9.17) is 23.0 Å². The van der Waals surface area contributed by atoms with Gasteiger partial charge in [-0.1, -0.05) is 53.9 Å². The molecule has 3 heterocycles. The van der Waals surface area contributed by atoms with Gasteiger partial charge in [-0.25, -0.2) is 4.98 Å². The van der Waals surface area contributed by atoms with Gasteiger partial charge in [0.1, 0.15) is 5.65 Å². The maximum Gasteiger partial charge on any atom is 0.192 e. The molecule has 1 N–H and O–H groups in total. The number of benzene rings is 2. The van der Waals surface area contributed by atoms with Crippen LogP contribution >= 0.6 is 11.6 Å². The summed E-state index contributed by atoms with van der Waals surface area (Å²) in [6.45, 7) is 1.82. The van der Waals surface area contributed by atoms with E-state index in [0.29, 0.717) is 38.4 Å². The Morgan fingerprint density at radius 2 is 1.84 bits per heavy atom. The zero-order valence-electron chi connectivity index (χ0n) is 16.6. The summed E-state index contributed by atoms with van der Waals surface area (Å²) in [5, 5.41) is 1.78. The SMILES string of the molecule is C#Cc1c(-c2cc(Cl)c3ncccc3c2)c(-c2ccccc2)nc2[nH]c(C)cc(=O)c12. The molecule has 5 rings (SSSR count). The molecule has 0 atom stereocenters. The Morgan fingerprint density at radius 3 is 2.61 bits per heavy atom. The number of nitrogens with one attached hydrogen (secondary N) is 1. The van der Waals surface area contributed by atoms with Crippen molar-refractivity contribution >= 4 is 33.5 Å². The number of H-pyrrole nitrogens is 1. The van der Waals surface area contributed by atoms with E-state index in [0.717, 1.165) is 22.2 Å². The standard InChI is InChI=1S/C26H16ClN3O/c1-3-19-22(18-13-17-10-7-11-28-24(17)20(27)14-18)25(16-8-5-4-6-9-16)30-26-23(19)21(31)12-15(2)29-26/h1,4-14H,2H3,(H,29,30,31). The fraction of sp³-hybridized carbons (Fsp3) is 0.0385. The number of rotatable bonds is 2. The van der Waals surface area contributed by atoms with Gasteiger partial charge in [0.25, 0.3) is 0 Å². The highest BCUT2D eigenvalue weighted by Gasteiger charge is 2.20. The Bertz CT molecular complexity index is 1580. The second-order valence-corrected chi connectivity index (χ2v) is 7.70. The second-order valence-electron chi connectivity index (χ2n) is 7.29. The van der Waals surface area contributed by atoms with Crippen molar-refractivity contribution in [1.29, 1.82) is 0 Å². The van der Waals surface area contributed by atoms with Crippen LogP contribution in [-0.4, -0.2) is 15.0 Å². The zero-order valence-corrected chi connectivity index (χ0v) is 17.4. The number of terminal acetylenes is 1. The minimum Gasteiger partial charge on any atom is -0.343 e. The topological polar surface area (TPSA) is 58.6 Å². The molecule has 5 aromatic rings. The van der Waals surface area contributed by atoms with Gasteiger partial charge >= 0.3 is 0 Å². The summed E-state index contributed by atoms with van der Waals surface area (Å²) in [5.41, 5.74) is 5.27. The first-order valence-electron chi connectivity index (χ1n) is 9.71.